The fraction of sp³-hybridized carbons (Fsp3) is 1.00. The lowest BCUT2D eigenvalue weighted by Gasteiger charge is -2.43. The molecule has 1 saturated carbocycles. The molecule has 1 spiro atoms. The largest absolute Gasteiger partial charge is 0.310 e. The maximum Gasteiger partial charge on any atom is 0.0308 e. The van der Waals surface area contributed by atoms with Crippen LogP contribution in [0.5, 0.6) is 0 Å². The fourth-order valence-corrected chi connectivity index (χ4v) is 4.34. The van der Waals surface area contributed by atoms with Crippen molar-refractivity contribution in [1.29, 1.82) is 0 Å². The summed E-state index contributed by atoms with van der Waals surface area (Å²) < 4.78 is 0. The summed E-state index contributed by atoms with van der Waals surface area (Å²) in [5, 5.41) is 3.92. The van der Waals surface area contributed by atoms with Crippen LogP contribution < -0.4 is 5.32 Å². The first-order valence-corrected chi connectivity index (χ1v) is 8.70. The highest BCUT2D eigenvalue weighted by Gasteiger charge is 2.36. The van der Waals surface area contributed by atoms with Crippen LogP contribution in [0.4, 0.5) is 0 Å². The van der Waals surface area contributed by atoms with Crippen LogP contribution in [-0.4, -0.2) is 36.1 Å². The molecule has 0 bridgehead atoms. The van der Waals surface area contributed by atoms with E-state index in [9.17, 15) is 0 Å². The molecule has 1 saturated heterocycles. The van der Waals surface area contributed by atoms with Gasteiger partial charge in [-0.2, -0.15) is 0 Å². The van der Waals surface area contributed by atoms with Crippen molar-refractivity contribution in [1.82, 2.24) is 10.2 Å². The third-order valence-corrected chi connectivity index (χ3v) is 5.75. The number of rotatable bonds is 4. The second-order valence-corrected chi connectivity index (χ2v) is 6.91. The molecule has 2 rings (SSSR count). The quantitative estimate of drug-likeness (QED) is 0.832. The normalized spacial score (nSPS) is 26.5. The van der Waals surface area contributed by atoms with Crippen LogP contribution >= 0.6 is 0 Å². The monoisotopic (exact) mass is 266 g/mol. The molecule has 2 aliphatic rings. The Hall–Kier alpha value is -0.0800. The molecule has 1 N–H and O–H groups in total. The Labute approximate surface area is 120 Å². The average molecular weight is 266 g/mol. The number of hydrogen-bond donors (Lipinski definition) is 1. The van der Waals surface area contributed by atoms with Crippen LogP contribution in [0.25, 0.3) is 0 Å². The molecule has 1 aliphatic carbocycles. The van der Waals surface area contributed by atoms with Crippen molar-refractivity contribution >= 4 is 0 Å². The van der Waals surface area contributed by atoms with Crippen LogP contribution in [0.3, 0.4) is 0 Å². The SMILES string of the molecule is CCC(CC)C(C)N1CCCNC2(CCCCC2)C1. The third-order valence-electron chi connectivity index (χ3n) is 5.75. The van der Waals surface area contributed by atoms with Gasteiger partial charge in [0.25, 0.3) is 0 Å². The fourth-order valence-electron chi connectivity index (χ4n) is 4.34. The van der Waals surface area contributed by atoms with Crippen LogP contribution in [0, 0.1) is 5.92 Å². The van der Waals surface area contributed by atoms with Gasteiger partial charge in [0, 0.05) is 18.1 Å². The van der Waals surface area contributed by atoms with E-state index < -0.39 is 0 Å². The molecule has 0 amide bonds. The highest BCUT2D eigenvalue weighted by atomic mass is 15.2. The Morgan fingerprint density at radius 2 is 1.74 bits per heavy atom. The maximum atomic E-state index is 3.92. The van der Waals surface area contributed by atoms with Crippen molar-refractivity contribution in [2.45, 2.75) is 83.7 Å². The lowest BCUT2D eigenvalue weighted by molar-refractivity contribution is 0.102. The first-order chi connectivity index (χ1) is 9.21. The summed E-state index contributed by atoms with van der Waals surface area (Å²) in [6.07, 6.45) is 11.1. The molecule has 0 aromatic carbocycles. The molecule has 0 aromatic rings. The molecule has 19 heavy (non-hydrogen) atoms. The standard InChI is InChI=1S/C17H34N2/c1-4-16(5-2)15(3)19-13-9-12-18-17(14-19)10-7-6-8-11-17/h15-16,18H,4-14H2,1-3H3. The summed E-state index contributed by atoms with van der Waals surface area (Å²) >= 11 is 0. The van der Waals surface area contributed by atoms with E-state index in [1.165, 1.54) is 71.0 Å². The zero-order valence-corrected chi connectivity index (χ0v) is 13.4. The Bertz CT molecular complexity index is 254. The lowest BCUT2D eigenvalue weighted by atomic mass is 9.80. The molecule has 0 radical (unpaired) electrons. The molecule has 0 aromatic heterocycles. The molecule has 1 unspecified atom stereocenters. The van der Waals surface area contributed by atoms with E-state index in [1.807, 2.05) is 0 Å². The molecule has 1 atom stereocenters. The first kappa shape index (κ1) is 15.3. The van der Waals surface area contributed by atoms with E-state index in [2.05, 4.69) is 31.0 Å². The smallest absolute Gasteiger partial charge is 0.0308 e. The zero-order valence-electron chi connectivity index (χ0n) is 13.4. The van der Waals surface area contributed by atoms with Gasteiger partial charge in [0.1, 0.15) is 0 Å². The molecule has 2 nitrogen and oxygen atoms in total. The minimum absolute atomic E-state index is 0.453. The van der Waals surface area contributed by atoms with Crippen LogP contribution in [-0.2, 0) is 0 Å². The number of hydrogen-bond acceptors (Lipinski definition) is 2. The molecular formula is C17H34N2. The Kier molecular flexibility index (Phi) is 5.70. The Balaban J connectivity index is 2.03. The van der Waals surface area contributed by atoms with Gasteiger partial charge < -0.3 is 5.32 Å². The predicted molar refractivity (Wildman–Crippen MR) is 83.5 cm³/mol. The summed E-state index contributed by atoms with van der Waals surface area (Å²) in [6.45, 7) is 11.0. The molecule has 1 aliphatic heterocycles. The van der Waals surface area contributed by atoms with E-state index in [0.717, 1.165) is 12.0 Å². The van der Waals surface area contributed by atoms with E-state index in [0.29, 0.717) is 5.54 Å². The second-order valence-electron chi connectivity index (χ2n) is 6.91. The third kappa shape index (κ3) is 3.72. The van der Waals surface area contributed by atoms with Crippen molar-refractivity contribution in [3.8, 4) is 0 Å². The van der Waals surface area contributed by atoms with Gasteiger partial charge in [-0.15, -0.1) is 0 Å². The molecule has 112 valence electrons. The van der Waals surface area contributed by atoms with Crippen molar-refractivity contribution < 1.29 is 0 Å². The molecular weight excluding hydrogens is 232 g/mol. The van der Waals surface area contributed by atoms with E-state index in [-0.39, 0.29) is 0 Å². The minimum Gasteiger partial charge on any atom is -0.310 e. The van der Waals surface area contributed by atoms with Crippen LogP contribution in [0.2, 0.25) is 0 Å². The van der Waals surface area contributed by atoms with E-state index in [4.69, 9.17) is 0 Å². The van der Waals surface area contributed by atoms with E-state index >= 15 is 0 Å². The maximum absolute atomic E-state index is 3.92. The molecule has 2 heteroatoms. The summed E-state index contributed by atoms with van der Waals surface area (Å²) in [6, 6.07) is 0.758. The minimum atomic E-state index is 0.453. The lowest BCUT2D eigenvalue weighted by Crippen LogP contribution is -2.54. The highest BCUT2D eigenvalue weighted by Crippen LogP contribution is 2.32. The Morgan fingerprint density at radius 3 is 2.37 bits per heavy atom. The van der Waals surface area contributed by atoms with Crippen LogP contribution in [0.1, 0.15) is 72.1 Å². The van der Waals surface area contributed by atoms with E-state index in [1.54, 1.807) is 0 Å². The van der Waals surface area contributed by atoms with Gasteiger partial charge in [-0.1, -0.05) is 46.0 Å². The van der Waals surface area contributed by atoms with Crippen molar-refractivity contribution in [2.24, 2.45) is 5.92 Å². The van der Waals surface area contributed by atoms with Crippen molar-refractivity contribution in [3.05, 3.63) is 0 Å². The molecule has 1 heterocycles. The van der Waals surface area contributed by atoms with Crippen molar-refractivity contribution in [2.75, 3.05) is 19.6 Å². The Morgan fingerprint density at radius 1 is 1.05 bits per heavy atom. The number of nitrogens with zero attached hydrogens (tertiary/aromatic N) is 1. The summed E-state index contributed by atoms with van der Waals surface area (Å²) in [5.41, 5.74) is 0.453. The van der Waals surface area contributed by atoms with Gasteiger partial charge in [0.15, 0.2) is 0 Å². The summed E-state index contributed by atoms with van der Waals surface area (Å²) in [5.74, 6) is 0.874. The van der Waals surface area contributed by atoms with Gasteiger partial charge in [0.05, 0.1) is 0 Å². The summed E-state index contributed by atoms with van der Waals surface area (Å²) in [7, 11) is 0. The van der Waals surface area contributed by atoms with Gasteiger partial charge in [-0.3, -0.25) is 4.90 Å². The molecule has 2 fully saturated rings. The van der Waals surface area contributed by atoms with Gasteiger partial charge >= 0.3 is 0 Å². The van der Waals surface area contributed by atoms with Gasteiger partial charge in [0.2, 0.25) is 0 Å². The van der Waals surface area contributed by atoms with Crippen LogP contribution in [0.15, 0.2) is 0 Å². The summed E-state index contributed by atoms with van der Waals surface area (Å²) in [4.78, 5) is 2.81. The van der Waals surface area contributed by atoms with Crippen molar-refractivity contribution in [3.63, 3.8) is 0 Å². The predicted octanol–water partition coefficient (Wildman–Crippen LogP) is 3.81. The second kappa shape index (κ2) is 7.08. The topological polar surface area (TPSA) is 15.3 Å². The van der Waals surface area contributed by atoms with Gasteiger partial charge in [-0.25, -0.2) is 0 Å². The van der Waals surface area contributed by atoms with Gasteiger partial charge in [-0.05, 0) is 45.2 Å². The highest BCUT2D eigenvalue weighted by molar-refractivity contribution is 4.96. The average Bonchev–Trinajstić information content (AvgIpc) is 2.64. The first-order valence-electron chi connectivity index (χ1n) is 8.70. The number of nitrogens with one attached hydrogen (secondary N) is 1. The zero-order chi connectivity index (χ0) is 13.7.